The summed E-state index contributed by atoms with van der Waals surface area (Å²) in [7, 11) is 5.48. The predicted molar refractivity (Wildman–Crippen MR) is 188 cm³/mol. The Balaban J connectivity index is 4.56. The van der Waals surface area contributed by atoms with E-state index in [2.05, 4.69) is 62.5 Å². The standard InChI is InChI=1S/C38H65NO7/c1-6-8-10-12-14-16-18-19-21-23-25-27-29-37(41)46-34(32-44-31-30-35(38(42)43)39(3,4)5)33-45-36(40)28-26-24-22-20-17-15-13-11-9-7-2/h8,10,13-16,19,21,34-35H,6-7,9,11-12,17-18,20,22-33H2,1-5H3/p+1/b10-8+,15-13+,16-14+,21-19+. The molecule has 0 aliphatic heterocycles. The summed E-state index contributed by atoms with van der Waals surface area (Å²) in [6.45, 7) is 4.48. The molecule has 0 aliphatic rings. The molecule has 0 spiro atoms. The highest BCUT2D eigenvalue weighted by Gasteiger charge is 2.31. The maximum absolute atomic E-state index is 12.6. The van der Waals surface area contributed by atoms with Crippen molar-refractivity contribution in [2.24, 2.45) is 0 Å². The van der Waals surface area contributed by atoms with Crippen LogP contribution in [0, 0.1) is 0 Å². The molecule has 8 nitrogen and oxygen atoms in total. The van der Waals surface area contributed by atoms with Crippen LogP contribution in [-0.4, -0.2) is 80.6 Å². The molecule has 0 aromatic heterocycles. The van der Waals surface area contributed by atoms with Gasteiger partial charge in [0.2, 0.25) is 0 Å². The quantitative estimate of drug-likeness (QED) is 0.0361. The molecule has 46 heavy (non-hydrogen) atoms. The van der Waals surface area contributed by atoms with Crippen molar-refractivity contribution in [2.75, 3.05) is 41.0 Å². The number of nitrogens with zero attached hydrogens (tertiary/aromatic N) is 1. The number of hydrogen-bond donors (Lipinski definition) is 1. The van der Waals surface area contributed by atoms with Gasteiger partial charge in [0.15, 0.2) is 12.1 Å². The topological polar surface area (TPSA) is 99.1 Å². The minimum atomic E-state index is -0.886. The smallest absolute Gasteiger partial charge is 0.362 e. The summed E-state index contributed by atoms with van der Waals surface area (Å²) < 4.78 is 17.1. The summed E-state index contributed by atoms with van der Waals surface area (Å²) >= 11 is 0. The van der Waals surface area contributed by atoms with Crippen LogP contribution < -0.4 is 0 Å². The van der Waals surface area contributed by atoms with E-state index in [-0.39, 0.29) is 42.7 Å². The van der Waals surface area contributed by atoms with Crippen LogP contribution in [0.3, 0.4) is 0 Å². The first-order valence-corrected chi connectivity index (χ1v) is 17.7. The zero-order chi connectivity index (χ0) is 34.3. The van der Waals surface area contributed by atoms with Gasteiger partial charge in [0.05, 0.1) is 34.4 Å². The number of carbonyl (C=O) groups excluding carboxylic acids is 2. The van der Waals surface area contributed by atoms with Crippen LogP contribution in [0.25, 0.3) is 0 Å². The zero-order valence-corrected chi connectivity index (χ0v) is 29.8. The molecular weight excluding hydrogens is 582 g/mol. The number of unbranched alkanes of at least 4 members (excludes halogenated alkanes) is 8. The molecule has 0 aromatic rings. The molecule has 0 fully saturated rings. The van der Waals surface area contributed by atoms with E-state index < -0.39 is 18.1 Å². The lowest BCUT2D eigenvalue weighted by Crippen LogP contribution is -2.50. The third kappa shape index (κ3) is 27.6. The van der Waals surface area contributed by atoms with Gasteiger partial charge in [-0.15, -0.1) is 0 Å². The molecule has 0 bridgehead atoms. The Hall–Kier alpha value is -2.71. The summed E-state index contributed by atoms with van der Waals surface area (Å²) in [5, 5.41) is 9.55. The van der Waals surface area contributed by atoms with Crippen molar-refractivity contribution in [1.29, 1.82) is 0 Å². The van der Waals surface area contributed by atoms with E-state index in [1.165, 1.54) is 12.8 Å². The van der Waals surface area contributed by atoms with Crippen molar-refractivity contribution in [2.45, 2.75) is 135 Å². The number of carboxylic acids is 1. The largest absolute Gasteiger partial charge is 0.477 e. The average molecular weight is 649 g/mol. The molecule has 1 N–H and O–H groups in total. The van der Waals surface area contributed by atoms with Gasteiger partial charge in [-0.1, -0.05) is 88.1 Å². The van der Waals surface area contributed by atoms with Gasteiger partial charge in [0, 0.05) is 19.3 Å². The molecule has 2 unspecified atom stereocenters. The fourth-order valence-electron chi connectivity index (χ4n) is 4.67. The highest BCUT2D eigenvalue weighted by atomic mass is 16.6. The lowest BCUT2D eigenvalue weighted by Gasteiger charge is -2.31. The van der Waals surface area contributed by atoms with E-state index >= 15 is 0 Å². The van der Waals surface area contributed by atoms with E-state index in [0.717, 1.165) is 70.6 Å². The van der Waals surface area contributed by atoms with Crippen LogP contribution in [0.4, 0.5) is 0 Å². The molecule has 0 saturated carbocycles. The normalized spacial score (nSPS) is 13.7. The zero-order valence-electron chi connectivity index (χ0n) is 29.8. The molecule has 8 heteroatoms. The van der Waals surface area contributed by atoms with Gasteiger partial charge in [-0.2, -0.15) is 0 Å². The molecule has 2 atom stereocenters. The third-order valence-electron chi connectivity index (χ3n) is 7.46. The van der Waals surface area contributed by atoms with Crippen molar-refractivity contribution < 1.29 is 38.2 Å². The summed E-state index contributed by atoms with van der Waals surface area (Å²) in [4.78, 5) is 36.6. The first kappa shape index (κ1) is 43.3. The summed E-state index contributed by atoms with van der Waals surface area (Å²) in [6, 6.07) is -0.621. The molecule has 0 rings (SSSR count). The number of rotatable bonds is 30. The molecule has 0 amide bonds. The molecule has 0 radical (unpaired) electrons. The second-order valence-electron chi connectivity index (χ2n) is 12.7. The van der Waals surface area contributed by atoms with Gasteiger partial charge < -0.3 is 23.8 Å². The number of carbonyl (C=O) groups is 3. The highest BCUT2D eigenvalue weighted by molar-refractivity contribution is 5.72. The molecule has 264 valence electrons. The lowest BCUT2D eigenvalue weighted by atomic mass is 10.1. The maximum atomic E-state index is 12.6. The summed E-state index contributed by atoms with van der Waals surface area (Å²) in [5.74, 6) is -1.55. The van der Waals surface area contributed by atoms with Gasteiger partial charge in [-0.05, 0) is 64.2 Å². The van der Waals surface area contributed by atoms with E-state index in [0.29, 0.717) is 19.3 Å². The molecule has 0 heterocycles. The molecule has 0 aliphatic carbocycles. The fraction of sp³-hybridized carbons (Fsp3) is 0.711. The van der Waals surface area contributed by atoms with Crippen LogP contribution in [0.2, 0.25) is 0 Å². The van der Waals surface area contributed by atoms with Gasteiger partial charge in [-0.25, -0.2) is 4.79 Å². The summed E-state index contributed by atoms with van der Waals surface area (Å²) in [6.07, 6.45) is 31.6. The number of quaternary nitrogens is 1. The van der Waals surface area contributed by atoms with Crippen molar-refractivity contribution in [1.82, 2.24) is 0 Å². The minimum absolute atomic E-state index is 0.0404. The van der Waals surface area contributed by atoms with Crippen molar-refractivity contribution in [3.8, 4) is 0 Å². The predicted octanol–water partition coefficient (Wildman–Crippen LogP) is 8.51. The Kier molecular flexibility index (Phi) is 27.9. The van der Waals surface area contributed by atoms with Crippen molar-refractivity contribution >= 4 is 17.9 Å². The van der Waals surface area contributed by atoms with E-state index in [1.807, 2.05) is 21.1 Å². The number of allylic oxidation sites excluding steroid dienone is 8. The highest BCUT2D eigenvalue weighted by Crippen LogP contribution is 2.11. The number of aliphatic carboxylic acids is 1. The molecular formula is C38H66NO7+. The number of carboxylic acid groups (broad SMARTS) is 1. The van der Waals surface area contributed by atoms with Gasteiger partial charge >= 0.3 is 17.9 Å². The number of likely N-dealkylation sites (N-methyl/N-ethyl adjacent to an activating group) is 1. The van der Waals surface area contributed by atoms with Gasteiger partial charge in [0.1, 0.15) is 6.61 Å². The monoisotopic (exact) mass is 648 g/mol. The molecule has 0 aromatic carbocycles. The maximum Gasteiger partial charge on any atom is 0.362 e. The second kappa shape index (κ2) is 29.7. The van der Waals surface area contributed by atoms with Crippen molar-refractivity contribution in [3.63, 3.8) is 0 Å². The Labute approximate surface area is 280 Å². The Bertz CT molecular complexity index is 901. The first-order chi connectivity index (χ1) is 22.1. The lowest BCUT2D eigenvalue weighted by molar-refractivity contribution is -0.887. The Morgan fingerprint density at radius 2 is 1.22 bits per heavy atom. The average Bonchev–Trinajstić information content (AvgIpc) is 3.00. The number of ether oxygens (including phenoxy) is 3. The van der Waals surface area contributed by atoms with Gasteiger partial charge in [-0.3, -0.25) is 9.59 Å². The Morgan fingerprint density at radius 1 is 0.674 bits per heavy atom. The molecule has 0 saturated heterocycles. The van der Waals surface area contributed by atoms with Crippen LogP contribution in [0.1, 0.15) is 123 Å². The summed E-state index contributed by atoms with van der Waals surface area (Å²) in [5.41, 5.74) is 0. The fourth-order valence-corrected chi connectivity index (χ4v) is 4.67. The van der Waals surface area contributed by atoms with E-state index in [1.54, 1.807) is 0 Å². The van der Waals surface area contributed by atoms with E-state index in [4.69, 9.17) is 14.2 Å². The Morgan fingerprint density at radius 3 is 1.85 bits per heavy atom. The van der Waals surface area contributed by atoms with Crippen LogP contribution in [0.5, 0.6) is 0 Å². The van der Waals surface area contributed by atoms with Crippen LogP contribution in [-0.2, 0) is 28.6 Å². The number of hydrogen-bond acceptors (Lipinski definition) is 6. The van der Waals surface area contributed by atoms with Crippen molar-refractivity contribution in [3.05, 3.63) is 48.6 Å². The third-order valence-corrected chi connectivity index (χ3v) is 7.46. The first-order valence-electron chi connectivity index (χ1n) is 17.7. The van der Waals surface area contributed by atoms with Crippen LogP contribution in [0.15, 0.2) is 48.6 Å². The van der Waals surface area contributed by atoms with E-state index in [9.17, 15) is 19.5 Å². The SMILES string of the molecule is CC/C=C/C/C=C/C/C=C/CCCCC(=O)OC(COCCC(C(=O)O)[N+](C)(C)C)COC(=O)CCCCCC/C=C/CCCC. The van der Waals surface area contributed by atoms with Gasteiger partial charge in [0.25, 0.3) is 0 Å². The second-order valence-corrected chi connectivity index (χ2v) is 12.7. The number of esters is 2. The minimum Gasteiger partial charge on any atom is -0.477 e. The van der Waals surface area contributed by atoms with Crippen LogP contribution >= 0.6 is 0 Å².